The molecule has 0 unspecified atom stereocenters. The van der Waals surface area contributed by atoms with Crippen LogP contribution in [0.2, 0.25) is 0 Å². The van der Waals surface area contributed by atoms with E-state index in [1.807, 2.05) is 13.0 Å². The van der Waals surface area contributed by atoms with E-state index in [2.05, 4.69) is 23.3 Å². The van der Waals surface area contributed by atoms with E-state index < -0.39 is 0 Å². The minimum atomic E-state index is 0.373. The predicted octanol–water partition coefficient (Wildman–Crippen LogP) is 3.25. The Kier molecular flexibility index (Phi) is 3.33. The molecule has 0 atom stereocenters. The highest BCUT2D eigenvalue weighted by atomic mass is 15.0. The van der Waals surface area contributed by atoms with Gasteiger partial charge in [-0.3, -0.25) is 0 Å². The molecule has 0 aliphatic heterocycles. The van der Waals surface area contributed by atoms with Gasteiger partial charge in [0.15, 0.2) is 0 Å². The van der Waals surface area contributed by atoms with Gasteiger partial charge in [0.05, 0.1) is 5.56 Å². The van der Waals surface area contributed by atoms with E-state index >= 15 is 0 Å². The maximum Gasteiger partial charge on any atom is 0.144 e. The summed E-state index contributed by atoms with van der Waals surface area (Å²) in [6.45, 7) is 5.18. The highest BCUT2D eigenvalue weighted by molar-refractivity contribution is 5.55. The fourth-order valence-electron chi connectivity index (χ4n) is 2.54. The normalized spacial score (nSPS) is 17.7. The minimum absolute atomic E-state index is 0.373. The number of pyridine rings is 1. The summed E-state index contributed by atoms with van der Waals surface area (Å²) in [6, 6.07) is 4.10. The molecule has 1 heterocycles. The molecule has 1 fully saturated rings. The summed E-state index contributed by atoms with van der Waals surface area (Å²) in [5, 5.41) is 12.5. The lowest BCUT2D eigenvalue weighted by molar-refractivity contribution is 0.361. The van der Waals surface area contributed by atoms with Gasteiger partial charge in [-0.25, -0.2) is 4.98 Å². The highest BCUT2D eigenvalue weighted by Crippen LogP contribution is 2.37. The molecule has 17 heavy (non-hydrogen) atoms. The van der Waals surface area contributed by atoms with Gasteiger partial charge in [0.1, 0.15) is 11.9 Å². The first-order chi connectivity index (χ1) is 8.14. The first-order valence-electron chi connectivity index (χ1n) is 6.24. The molecule has 0 amide bonds. The first-order valence-corrected chi connectivity index (χ1v) is 6.24. The molecule has 0 saturated heterocycles. The van der Waals surface area contributed by atoms with Crippen LogP contribution >= 0.6 is 0 Å². The molecule has 3 nitrogen and oxygen atoms in total. The Morgan fingerprint density at radius 1 is 1.47 bits per heavy atom. The molecular formula is C14H19N3. The van der Waals surface area contributed by atoms with Gasteiger partial charge in [-0.05, 0) is 36.8 Å². The van der Waals surface area contributed by atoms with Crippen molar-refractivity contribution >= 4 is 5.82 Å². The van der Waals surface area contributed by atoms with Crippen LogP contribution in [0.3, 0.4) is 0 Å². The lowest BCUT2D eigenvalue weighted by Crippen LogP contribution is -2.23. The van der Waals surface area contributed by atoms with Crippen LogP contribution in [-0.2, 0) is 0 Å². The van der Waals surface area contributed by atoms with E-state index in [1.165, 1.54) is 25.7 Å². The Hall–Kier alpha value is -1.56. The second-order valence-corrected chi connectivity index (χ2v) is 5.33. The van der Waals surface area contributed by atoms with Crippen LogP contribution in [0, 0.1) is 23.7 Å². The zero-order valence-electron chi connectivity index (χ0n) is 10.6. The monoisotopic (exact) mass is 229 g/mol. The van der Waals surface area contributed by atoms with Gasteiger partial charge in [0.25, 0.3) is 0 Å². The molecule has 1 aromatic rings. The number of hydrogen-bond acceptors (Lipinski definition) is 3. The first kappa shape index (κ1) is 11.9. The summed E-state index contributed by atoms with van der Waals surface area (Å²) in [5.74, 6) is 0.737. The van der Waals surface area contributed by atoms with Crippen LogP contribution in [0.4, 0.5) is 5.82 Å². The molecule has 0 radical (unpaired) electrons. The third kappa shape index (κ3) is 2.58. The van der Waals surface area contributed by atoms with E-state index in [-0.39, 0.29) is 0 Å². The standard InChI is InChI=1S/C14H19N3/c1-11-5-8-16-13(12(11)9-15)17-10-14(2)6-3-4-7-14/h5,8H,3-4,6-7,10H2,1-2H3,(H,16,17). The fourth-order valence-corrected chi connectivity index (χ4v) is 2.54. The van der Waals surface area contributed by atoms with Crippen LogP contribution in [-0.4, -0.2) is 11.5 Å². The van der Waals surface area contributed by atoms with Crippen LogP contribution in [0.1, 0.15) is 43.7 Å². The maximum atomic E-state index is 9.13. The molecule has 2 rings (SSSR count). The molecule has 1 N–H and O–H groups in total. The van der Waals surface area contributed by atoms with Crippen LogP contribution in [0.15, 0.2) is 12.3 Å². The summed E-state index contributed by atoms with van der Waals surface area (Å²) in [6.07, 6.45) is 6.95. The summed E-state index contributed by atoms with van der Waals surface area (Å²) in [4.78, 5) is 4.27. The highest BCUT2D eigenvalue weighted by Gasteiger charge is 2.28. The van der Waals surface area contributed by atoms with E-state index in [9.17, 15) is 0 Å². The molecule has 1 aliphatic rings. The van der Waals surface area contributed by atoms with E-state index in [1.54, 1.807) is 6.20 Å². The Morgan fingerprint density at radius 2 is 2.18 bits per heavy atom. The average molecular weight is 229 g/mol. The molecule has 1 aromatic heterocycles. The van der Waals surface area contributed by atoms with Crippen molar-refractivity contribution in [2.24, 2.45) is 5.41 Å². The number of aromatic nitrogens is 1. The van der Waals surface area contributed by atoms with Crippen molar-refractivity contribution in [3.05, 3.63) is 23.4 Å². The number of hydrogen-bond donors (Lipinski definition) is 1. The van der Waals surface area contributed by atoms with Crippen LogP contribution in [0.5, 0.6) is 0 Å². The van der Waals surface area contributed by atoms with Gasteiger partial charge in [-0.2, -0.15) is 5.26 Å². The zero-order valence-corrected chi connectivity index (χ0v) is 10.6. The summed E-state index contributed by atoms with van der Waals surface area (Å²) in [5.41, 5.74) is 2.04. The van der Waals surface area contributed by atoms with E-state index in [0.717, 1.165) is 17.9 Å². The molecule has 3 heteroatoms. The maximum absolute atomic E-state index is 9.13. The summed E-state index contributed by atoms with van der Waals surface area (Å²) >= 11 is 0. The summed E-state index contributed by atoms with van der Waals surface area (Å²) < 4.78 is 0. The number of rotatable bonds is 3. The van der Waals surface area contributed by atoms with Gasteiger partial charge in [0.2, 0.25) is 0 Å². The average Bonchev–Trinajstić information content (AvgIpc) is 2.74. The second-order valence-electron chi connectivity index (χ2n) is 5.33. The topological polar surface area (TPSA) is 48.7 Å². The third-order valence-corrected chi connectivity index (χ3v) is 3.76. The lowest BCUT2D eigenvalue weighted by atomic mass is 9.89. The van der Waals surface area contributed by atoms with Gasteiger partial charge < -0.3 is 5.32 Å². The predicted molar refractivity (Wildman–Crippen MR) is 68.8 cm³/mol. The Bertz CT molecular complexity index is 439. The van der Waals surface area contributed by atoms with E-state index in [4.69, 9.17) is 5.26 Å². The van der Waals surface area contributed by atoms with Crippen molar-refractivity contribution < 1.29 is 0 Å². The number of nitrogens with one attached hydrogen (secondary N) is 1. The number of nitriles is 1. The quantitative estimate of drug-likeness (QED) is 0.865. The molecule has 90 valence electrons. The molecule has 0 aromatic carbocycles. The Labute approximate surface area is 103 Å². The second kappa shape index (κ2) is 4.75. The van der Waals surface area contributed by atoms with Crippen molar-refractivity contribution in [1.82, 2.24) is 4.98 Å². The van der Waals surface area contributed by atoms with E-state index in [0.29, 0.717) is 11.0 Å². The largest absolute Gasteiger partial charge is 0.368 e. The molecule has 1 saturated carbocycles. The summed E-state index contributed by atoms with van der Waals surface area (Å²) in [7, 11) is 0. The van der Waals surface area contributed by atoms with Crippen molar-refractivity contribution in [3.8, 4) is 6.07 Å². The zero-order chi connectivity index (χ0) is 12.3. The SMILES string of the molecule is Cc1ccnc(NCC2(C)CCCC2)c1C#N. The minimum Gasteiger partial charge on any atom is -0.368 e. The third-order valence-electron chi connectivity index (χ3n) is 3.76. The molecule has 0 spiro atoms. The molecule has 1 aliphatic carbocycles. The van der Waals surface area contributed by atoms with Gasteiger partial charge in [-0.15, -0.1) is 0 Å². The van der Waals surface area contributed by atoms with Gasteiger partial charge in [0, 0.05) is 12.7 Å². The van der Waals surface area contributed by atoms with Gasteiger partial charge >= 0.3 is 0 Å². The number of anilines is 1. The van der Waals surface area contributed by atoms with Crippen molar-refractivity contribution in [2.45, 2.75) is 39.5 Å². The van der Waals surface area contributed by atoms with Crippen molar-refractivity contribution in [2.75, 3.05) is 11.9 Å². The Morgan fingerprint density at radius 3 is 2.82 bits per heavy atom. The van der Waals surface area contributed by atoms with Gasteiger partial charge in [-0.1, -0.05) is 19.8 Å². The Balaban J connectivity index is 2.09. The fraction of sp³-hybridized carbons (Fsp3) is 0.571. The number of aryl methyl sites for hydroxylation is 1. The smallest absolute Gasteiger partial charge is 0.144 e. The molecule has 0 bridgehead atoms. The number of nitrogens with zero attached hydrogens (tertiary/aromatic N) is 2. The lowest BCUT2D eigenvalue weighted by Gasteiger charge is -2.24. The van der Waals surface area contributed by atoms with Crippen molar-refractivity contribution in [1.29, 1.82) is 5.26 Å². The van der Waals surface area contributed by atoms with Crippen molar-refractivity contribution in [3.63, 3.8) is 0 Å². The molecular weight excluding hydrogens is 210 g/mol. The van der Waals surface area contributed by atoms with Crippen LogP contribution < -0.4 is 5.32 Å². The van der Waals surface area contributed by atoms with Crippen LogP contribution in [0.25, 0.3) is 0 Å².